The van der Waals surface area contributed by atoms with E-state index in [0.29, 0.717) is 19.4 Å². The quantitative estimate of drug-likeness (QED) is 0.0345. The van der Waals surface area contributed by atoms with Crippen molar-refractivity contribution in [1.82, 2.24) is 0 Å². The van der Waals surface area contributed by atoms with Crippen molar-refractivity contribution in [1.29, 1.82) is 0 Å². The fourth-order valence-electron chi connectivity index (χ4n) is 8.97. The molecule has 5 nitrogen and oxygen atoms in total. The lowest BCUT2D eigenvalue weighted by molar-refractivity contribution is -0.163. The second kappa shape index (κ2) is 60.9. The van der Waals surface area contributed by atoms with Gasteiger partial charge < -0.3 is 14.2 Å². The Morgan fingerprint density at radius 3 is 1.04 bits per heavy atom. The minimum Gasteiger partial charge on any atom is -0.462 e. The predicted octanol–water partition coefficient (Wildman–Crippen LogP) is 21.2. The first-order valence-corrected chi connectivity index (χ1v) is 30.8. The lowest BCUT2D eigenvalue weighted by Crippen LogP contribution is -2.30. The van der Waals surface area contributed by atoms with Gasteiger partial charge in [-0.05, 0) is 83.5 Å². The summed E-state index contributed by atoms with van der Waals surface area (Å²) in [5, 5.41) is 0. The van der Waals surface area contributed by atoms with E-state index in [1.807, 2.05) is 0 Å². The minimum absolute atomic E-state index is 0.0769. The molecule has 0 bridgehead atoms. The summed E-state index contributed by atoms with van der Waals surface area (Å²) in [5.41, 5.74) is 0. The molecule has 1 unspecified atom stereocenters. The molecule has 0 rings (SSSR count). The summed E-state index contributed by atoms with van der Waals surface area (Å²) < 4.78 is 17.5. The highest BCUT2D eigenvalue weighted by molar-refractivity contribution is 5.70. The van der Waals surface area contributed by atoms with Gasteiger partial charge in [-0.2, -0.15) is 0 Å². The number of carbonyl (C=O) groups is 2. The van der Waals surface area contributed by atoms with Crippen LogP contribution in [-0.2, 0) is 23.8 Å². The van der Waals surface area contributed by atoms with Crippen molar-refractivity contribution < 1.29 is 23.8 Å². The lowest BCUT2D eigenvalue weighted by atomic mass is 10.0. The number of ether oxygens (including phenoxy) is 3. The van der Waals surface area contributed by atoms with Gasteiger partial charge in [0.15, 0.2) is 6.10 Å². The largest absolute Gasteiger partial charge is 0.462 e. The van der Waals surface area contributed by atoms with Gasteiger partial charge >= 0.3 is 11.9 Å². The number of hydrogen-bond acceptors (Lipinski definition) is 5. The summed E-state index contributed by atoms with van der Waals surface area (Å²) in [7, 11) is 0. The number of hydrogen-bond donors (Lipinski definition) is 0. The Hall–Kier alpha value is -2.40. The summed E-state index contributed by atoms with van der Waals surface area (Å²) in [6.45, 7) is 7.74. The van der Waals surface area contributed by atoms with E-state index in [1.54, 1.807) is 0 Å². The van der Waals surface area contributed by atoms with Crippen molar-refractivity contribution in [2.24, 2.45) is 0 Å². The van der Waals surface area contributed by atoms with Crippen molar-refractivity contribution in [3.63, 3.8) is 0 Å². The number of allylic oxidation sites excluding steroid dienone is 10. The molecule has 0 N–H and O–H groups in total. The van der Waals surface area contributed by atoms with Crippen molar-refractivity contribution >= 4 is 11.9 Å². The smallest absolute Gasteiger partial charge is 0.306 e. The summed E-state index contributed by atoms with van der Waals surface area (Å²) in [4.78, 5) is 25.6. The molecule has 0 spiro atoms. The standard InChI is InChI=1S/C65H118O5/c1-4-7-10-13-16-19-22-25-28-31-33-35-37-40-43-46-49-52-55-58-64(66)69-62-63(61-68-60-57-54-51-48-45-42-39-36-32-29-26-23-20-17-14-11-8-5-2)70-65(67)59-56-53-50-47-44-41-38-34-30-27-24-21-18-15-12-9-6-3/h9,12,18,21,25,27-28,30,38,41,63H,4-8,10-11,13-17,19-20,22-24,26,29,31-37,39-40,42-62H2,1-3H3/b12-9-,21-18-,28-25-,30-27-,41-38-. The summed E-state index contributed by atoms with van der Waals surface area (Å²) in [6.07, 6.45) is 78.2. The molecule has 0 saturated heterocycles. The van der Waals surface area contributed by atoms with Crippen LogP contribution in [0, 0.1) is 0 Å². The molecule has 1 atom stereocenters. The molecule has 0 radical (unpaired) electrons. The first-order valence-electron chi connectivity index (χ1n) is 30.8. The Bertz CT molecular complexity index is 1200. The van der Waals surface area contributed by atoms with Crippen LogP contribution in [0.5, 0.6) is 0 Å². The van der Waals surface area contributed by atoms with Crippen LogP contribution in [0.15, 0.2) is 60.8 Å². The SMILES string of the molecule is CC/C=C\C/C=C\C/C=C\C/C=C\CCCCCCC(=O)OC(COCCCCCCCCCCCCCCCCCCCC)COC(=O)CCCCCCCCCCC/C=C\CCCCCCCC. The highest BCUT2D eigenvalue weighted by Gasteiger charge is 2.17. The highest BCUT2D eigenvalue weighted by atomic mass is 16.6. The van der Waals surface area contributed by atoms with Gasteiger partial charge in [0.05, 0.1) is 6.61 Å². The zero-order valence-electron chi connectivity index (χ0n) is 47.0. The number of carbonyl (C=O) groups excluding carboxylic acids is 2. The van der Waals surface area contributed by atoms with Crippen LogP contribution in [0.2, 0.25) is 0 Å². The van der Waals surface area contributed by atoms with Crippen molar-refractivity contribution in [3.05, 3.63) is 60.8 Å². The highest BCUT2D eigenvalue weighted by Crippen LogP contribution is 2.16. The van der Waals surface area contributed by atoms with Crippen LogP contribution in [-0.4, -0.2) is 37.9 Å². The van der Waals surface area contributed by atoms with E-state index in [9.17, 15) is 9.59 Å². The van der Waals surface area contributed by atoms with Crippen molar-refractivity contribution in [2.75, 3.05) is 19.8 Å². The van der Waals surface area contributed by atoms with Gasteiger partial charge in [0, 0.05) is 19.4 Å². The molecule has 0 heterocycles. The van der Waals surface area contributed by atoms with Gasteiger partial charge in [-0.15, -0.1) is 0 Å². The van der Waals surface area contributed by atoms with Gasteiger partial charge in [-0.25, -0.2) is 0 Å². The molecule has 5 heteroatoms. The molecule has 0 aromatic rings. The van der Waals surface area contributed by atoms with Gasteiger partial charge in [0.2, 0.25) is 0 Å². The van der Waals surface area contributed by atoms with Gasteiger partial charge in [-0.3, -0.25) is 9.59 Å². The fourth-order valence-corrected chi connectivity index (χ4v) is 8.97. The molecule has 0 aliphatic carbocycles. The van der Waals surface area contributed by atoms with Crippen molar-refractivity contribution in [2.45, 2.75) is 322 Å². The van der Waals surface area contributed by atoms with E-state index in [-0.39, 0.29) is 25.2 Å². The Kier molecular flexibility index (Phi) is 58.8. The summed E-state index contributed by atoms with van der Waals surface area (Å²) in [6, 6.07) is 0. The average molecular weight is 980 g/mol. The third-order valence-corrected chi connectivity index (χ3v) is 13.5. The molecule has 0 aromatic heterocycles. The molecule has 0 amide bonds. The Morgan fingerprint density at radius 2 is 0.643 bits per heavy atom. The molecular weight excluding hydrogens is 861 g/mol. The predicted molar refractivity (Wildman–Crippen MR) is 307 cm³/mol. The fraction of sp³-hybridized carbons (Fsp3) is 0.815. The number of unbranched alkanes of at least 4 members (excludes halogenated alkanes) is 36. The summed E-state index contributed by atoms with van der Waals surface area (Å²) in [5.74, 6) is -0.411. The molecular formula is C65H118O5. The molecule has 0 saturated carbocycles. The lowest BCUT2D eigenvalue weighted by Gasteiger charge is -2.18. The minimum atomic E-state index is -0.550. The molecule has 0 aromatic carbocycles. The zero-order valence-corrected chi connectivity index (χ0v) is 47.0. The zero-order chi connectivity index (χ0) is 50.6. The van der Waals surface area contributed by atoms with Crippen LogP contribution in [0.1, 0.15) is 316 Å². The molecule has 408 valence electrons. The number of esters is 2. The van der Waals surface area contributed by atoms with E-state index in [1.165, 1.54) is 199 Å². The normalized spacial score (nSPS) is 12.6. The number of rotatable bonds is 57. The monoisotopic (exact) mass is 979 g/mol. The maximum atomic E-state index is 12.9. The Balaban J connectivity index is 4.28. The van der Waals surface area contributed by atoms with E-state index >= 15 is 0 Å². The van der Waals surface area contributed by atoms with E-state index in [4.69, 9.17) is 14.2 Å². The molecule has 70 heavy (non-hydrogen) atoms. The Morgan fingerprint density at radius 1 is 0.329 bits per heavy atom. The van der Waals surface area contributed by atoms with E-state index in [2.05, 4.69) is 81.5 Å². The van der Waals surface area contributed by atoms with Gasteiger partial charge in [0.25, 0.3) is 0 Å². The molecule has 0 fully saturated rings. The third-order valence-electron chi connectivity index (χ3n) is 13.5. The summed E-state index contributed by atoms with van der Waals surface area (Å²) >= 11 is 0. The van der Waals surface area contributed by atoms with E-state index < -0.39 is 6.10 Å². The van der Waals surface area contributed by atoms with Crippen molar-refractivity contribution in [3.8, 4) is 0 Å². The van der Waals surface area contributed by atoms with Crippen LogP contribution in [0.4, 0.5) is 0 Å². The van der Waals surface area contributed by atoms with Gasteiger partial charge in [-0.1, -0.05) is 281 Å². The van der Waals surface area contributed by atoms with Crippen LogP contribution in [0.25, 0.3) is 0 Å². The second-order valence-corrected chi connectivity index (χ2v) is 20.6. The van der Waals surface area contributed by atoms with Crippen LogP contribution >= 0.6 is 0 Å². The maximum Gasteiger partial charge on any atom is 0.306 e. The Labute approximate surface area is 436 Å². The second-order valence-electron chi connectivity index (χ2n) is 20.6. The van der Waals surface area contributed by atoms with Crippen LogP contribution in [0.3, 0.4) is 0 Å². The van der Waals surface area contributed by atoms with E-state index in [0.717, 1.165) is 83.5 Å². The third kappa shape index (κ3) is 58.2. The first kappa shape index (κ1) is 67.6. The van der Waals surface area contributed by atoms with Gasteiger partial charge in [0.1, 0.15) is 6.61 Å². The van der Waals surface area contributed by atoms with Crippen LogP contribution < -0.4 is 0 Å². The first-order chi connectivity index (χ1) is 34.6. The molecule has 0 aliphatic heterocycles. The maximum absolute atomic E-state index is 12.9. The average Bonchev–Trinajstić information content (AvgIpc) is 3.36. The molecule has 0 aliphatic rings. The topological polar surface area (TPSA) is 61.8 Å².